The van der Waals surface area contributed by atoms with Crippen LogP contribution in [0.3, 0.4) is 0 Å². The summed E-state index contributed by atoms with van der Waals surface area (Å²) in [6, 6.07) is 17.8. The molecule has 0 aromatic heterocycles. The van der Waals surface area contributed by atoms with Crippen molar-refractivity contribution in [2.24, 2.45) is 21.7 Å². The van der Waals surface area contributed by atoms with Crippen molar-refractivity contribution in [1.82, 2.24) is 0 Å². The van der Waals surface area contributed by atoms with Crippen LogP contribution < -0.4 is 16.2 Å². The topological polar surface area (TPSA) is 86.0 Å². The summed E-state index contributed by atoms with van der Waals surface area (Å²) in [5, 5.41) is 7.75. The smallest absolute Gasteiger partial charge is 0.211 e. The average molecular weight is 296 g/mol. The van der Waals surface area contributed by atoms with Crippen LogP contribution >= 0.6 is 0 Å². The van der Waals surface area contributed by atoms with Gasteiger partial charge < -0.3 is 16.2 Å². The number of guanidine groups is 1. The second-order valence-electron chi connectivity index (χ2n) is 4.72. The molecule has 0 bridgehead atoms. The zero-order chi connectivity index (χ0) is 15.8. The van der Waals surface area contributed by atoms with E-state index in [1.54, 1.807) is 0 Å². The molecule has 22 heavy (non-hydrogen) atoms. The quantitative estimate of drug-likeness (QED) is 0.488. The predicted molar refractivity (Wildman–Crippen MR) is 89.9 cm³/mol. The number of ether oxygens (including phenoxy) is 1. The maximum absolute atomic E-state index is 5.75. The largest absolute Gasteiger partial charge is 0.489 e. The molecule has 0 radical (unpaired) electrons. The minimum Gasteiger partial charge on any atom is -0.489 e. The van der Waals surface area contributed by atoms with Gasteiger partial charge in [0.1, 0.15) is 12.4 Å². The van der Waals surface area contributed by atoms with Crippen molar-refractivity contribution in [3.05, 3.63) is 65.7 Å². The first-order valence-corrected chi connectivity index (χ1v) is 7.11. The fraction of sp³-hybridized carbons (Fsp3) is 0.176. The number of hydrogen-bond acceptors (Lipinski definition) is 3. The van der Waals surface area contributed by atoms with Gasteiger partial charge in [0, 0.05) is 0 Å². The lowest BCUT2D eigenvalue weighted by atomic mass is 10.1. The molecule has 0 aliphatic heterocycles. The molecular weight excluding hydrogens is 276 g/mol. The molecular formula is C17H20N4O. The van der Waals surface area contributed by atoms with Gasteiger partial charge in [0.25, 0.3) is 0 Å². The van der Waals surface area contributed by atoms with Gasteiger partial charge in [-0.2, -0.15) is 5.10 Å². The van der Waals surface area contributed by atoms with Gasteiger partial charge in [0.15, 0.2) is 0 Å². The Morgan fingerprint density at radius 1 is 0.955 bits per heavy atom. The summed E-state index contributed by atoms with van der Waals surface area (Å²) < 4.78 is 5.75. The maximum Gasteiger partial charge on any atom is 0.211 e. The molecule has 0 saturated heterocycles. The fourth-order valence-corrected chi connectivity index (χ4v) is 1.94. The van der Waals surface area contributed by atoms with Crippen molar-refractivity contribution < 1.29 is 4.74 Å². The molecule has 0 spiro atoms. The Kier molecular flexibility index (Phi) is 5.54. The van der Waals surface area contributed by atoms with E-state index in [1.165, 1.54) is 0 Å². The van der Waals surface area contributed by atoms with Gasteiger partial charge in [-0.15, -0.1) is 5.10 Å². The van der Waals surface area contributed by atoms with Gasteiger partial charge >= 0.3 is 0 Å². The molecule has 0 fully saturated rings. The third kappa shape index (κ3) is 4.63. The standard InChI is InChI=1S/C17H20N4O/c1-2-16(20-21-17(18)19)14-8-10-15(11-9-14)22-12-13-6-4-3-5-7-13/h3-11H,2,12H2,1H3,(H4,18,19,21). The van der Waals surface area contributed by atoms with Gasteiger partial charge in [-0.1, -0.05) is 37.3 Å². The SMILES string of the molecule is CCC(=NN=C(N)N)c1ccc(OCc2ccccc2)cc1. The molecule has 2 aromatic carbocycles. The van der Waals surface area contributed by atoms with Gasteiger partial charge in [-0.05, 0) is 41.8 Å². The normalized spacial score (nSPS) is 11.0. The first-order valence-electron chi connectivity index (χ1n) is 7.11. The van der Waals surface area contributed by atoms with Crippen molar-refractivity contribution in [1.29, 1.82) is 0 Å². The minimum atomic E-state index is -0.0474. The molecule has 0 saturated carbocycles. The lowest BCUT2D eigenvalue weighted by Gasteiger charge is -2.08. The molecule has 5 nitrogen and oxygen atoms in total. The third-order valence-corrected chi connectivity index (χ3v) is 3.06. The van der Waals surface area contributed by atoms with Gasteiger partial charge in [-0.25, -0.2) is 0 Å². The summed E-state index contributed by atoms with van der Waals surface area (Å²) in [7, 11) is 0. The molecule has 5 heteroatoms. The molecule has 114 valence electrons. The molecule has 2 aromatic rings. The van der Waals surface area contributed by atoms with Crippen molar-refractivity contribution in [3.8, 4) is 5.75 Å². The first kappa shape index (κ1) is 15.6. The highest BCUT2D eigenvalue weighted by Crippen LogP contribution is 2.15. The maximum atomic E-state index is 5.75. The monoisotopic (exact) mass is 296 g/mol. The van der Waals surface area contributed by atoms with Crippen LogP contribution in [0.25, 0.3) is 0 Å². The Hall–Kier alpha value is -2.82. The van der Waals surface area contributed by atoms with E-state index in [4.69, 9.17) is 16.2 Å². The number of rotatable bonds is 6. The Morgan fingerprint density at radius 2 is 1.64 bits per heavy atom. The van der Waals surface area contributed by atoms with E-state index in [2.05, 4.69) is 10.2 Å². The van der Waals surface area contributed by atoms with E-state index in [-0.39, 0.29) is 5.96 Å². The van der Waals surface area contributed by atoms with Crippen LogP contribution in [-0.4, -0.2) is 11.7 Å². The van der Waals surface area contributed by atoms with Crippen molar-refractivity contribution in [3.63, 3.8) is 0 Å². The molecule has 2 rings (SSSR count). The fourth-order valence-electron chi connectivity index (χ4n) is 1.94. The van der Waals surface area contributed by atoms with Gasteiger partial charge in [0.05, 0.1) is 5.71 Å². The molecule has 0 amide bonds. The highest BCUT2D eigenvalue weighted by molar-refractivity contribution is 6.00. The third-order valence-electron chi connectivity index (χ3n) is 3.06. The lowest BCUT2D eigenvalue weighted by Crippen LogP contribution is -2.22. The summed E-state index contributed by atoms with van der Waals surface area (Å²) in [6.45, 7) is 2.55. The van der Waals surface area contributed by atoms with Crippen LogP contribution in [0.1, 0.15) is 24.5 Å². The average Bonchev–Trinajstić information content (AvgIpc) is 2.55. The number of nitrogens with zero attached hydrogens (tertiary/aromatic N) is 2. The van der Waals surface area contributed by atoms with Crippen molar-refractivity contribution in [2.75, 3.05) is 0 Å². The number of nitrogens with two attached hydrogens (primary N) is 2. The van der Waals surface area contributed by atoms with Crippen LogP contribution in [-0.2, 0) is 6.61 Å². The zero-order valence-corrected chi connectivity index (χ0v) is 12.6. The van der Waals surface area contributed by atoms with E-state index < -0.39 is 0 Å². The minimum absolute atomic E-state index is 0.0474. The zero-order valence-electron chi connectivity index (χ0n) is 12.6. The lowest BCUT2D eigenvalue weighted by molar-refractivity contribution is 0.306. The highest BCUT2D eigenvalue weighted by atomic mass is 16.5. The Morgan fingerprint density at radius 3 is 2.23 bits per heavy atom. The van der Waals surface area contributed by atoms with Crippen molar-refractivity contribution >= 4 is 11.7 Å². The molecule has 0 aliphatic carbocycles. The highest BCUT2D eigenvalue weighted by Gasteiger charge is 2.02. The summed E-state index contributed by atoms with van der Waals surface area (Å²) in [5.74, 6) is 0.763. The Balaban J connectivity index is 2.03. The van der Waals surface area contributed by atoms with Crippen LogP contribution in [0.4, 0.5) is 0 Å². The van der Waals surface area contributed by atoms with E-state index >= 15 is 0 Å². The Bertz CT molecular complexity index is 644. The summed E-state index contributed by atoms with van der Waals surface area (Å²) in [4.78, 5) is 0. The summed E-state index contributed by atoms with van der Waals surface area (Å²) >= 11 is 0. The summed E-state index contributed by atoms with van der Waals surface area (Å²) in [6.07, 6.45) is 0.737. The van der Waals surface area contributed by atoms with Gasteiger partial charge in [-0.3, -0.25) is 0 Å². The van der Waals surface area contributed by atoms with Gasteiger partial charge in [0.2, 0.25) is 5.96 Å². The molecule has 0 aliphatic rings. The second kappa shape index (κ2) is 7.83. The van der Waals surface area contributed by atoms with Crippen molar-refractivity contribution in [2.45, 2.75) is 20.0 Å². The number of benzene rings is 2. The number of hydrogen-bond donors (Lipinski definition) is 2. The van der Waals surface area contributed by atoms with E-state index in [1.807, 2.05) is 61.5 Å². The van der Waals surface area contributed by atoms with E-state index in [0.717, 1.165) is 29.0 Å². The van der Waals surface area contributed by atoms with E-state index in [9.17, 15) is 0 Å². The van der Waals surface area contributed by atoms with Crippen LogP contribution in [0, 0.1) is 0 Å². The van der Waals surface area contributed by atoms with Crippen LogP contribution in [0.2, 0.25) is 0 Å². The van der Waals surface area contributed by atoms with Crippen LogP contribution in [0.15, 0.2) is 64.8 Å². The van der Waals surface area contributed by atoms with E-state index in [0.29, 0.717) is 6.61 Å². The second-order valence-corrected chi connectivity index (χ2v) is 4.72. The molecule has 0 atom stereocenters. The predicted octanol–water partition coefficient (Wildman–Crippen LogP) is 2.65. The molecule has 4 N–H and O–H groups in total. The first-order chi connectivity index (χ1) is 10.7. The summed E-state index contributed by atoms with van der Waals surface area (Å²) in [5.41, 5.74) is 13.5. The molecule has 0 heterocycles. The van der Waals surface area contributed by atoms with Crippen LogP contribution in [0.5, 0.6) is 5.75 Å². The Labute approximate surface area is 130 Å². The molecule has 0 unspecified atom stereocenters.